The van der Waals surface area contributed by atoms with Crippen LogP contribution in [0, 0.1) is 10.1 Å². The van der Waals surface area contributed by atoms with Gasteiger partial charge in [-0.3, -0.25) is 24.7 Å². The summed E-state index contributed by atoms with van der Waals surface area (Å²) in [6.07, 6.45) is 1.40. The van der Waals surface area contributed by atoms with Crippen LogP contribution in [0.1, 0.15) is 10.5 Å². The van der Waals surface area contributed by atoms with Gasteiger partial charge in [-0.25, -0.2) is 0 Å². The molecule has 0 fully saturated rings. The Balaban J connectivity index is 1.65. The Kier molecular flexibility index (Phi) is 6.86. The number of hydrogen-bond donors (Lipinski definition) is 3. The molecule has 0 saturated carbocycles. The second kappa shape index (κ2) is 9.33. The van der Waals surface area contributed by atoms with E-state index in [-0.39, 0.29) is 23.8 Å². The molecule has 2 amide bonds. The molecule has 2 rings (SSSR count). The Bertz CT molecular complexity index is 797. The van der Waals surface area contributed by atoms with E-state index in [2.05, 4.69) is 20.9 Å². The fourth-order valence-corrected chi connectivity index (χ4v) is 2.11. The van der Waals surface area contributed by atoms with Crippen molar-refractivity contribution in [3.05, 3.63) is 63.4 Å². The SMILES string of the molecule is O=C(CNC(=O)c1cc(Cl)ccn1)NCCNc1ccc([N+](=O)[O-])cc1. The number of anilines is 1. The molecule has 0 aliphatic heterocycles. The van der Waals surface area contributed by atoms with Gasteiger partial charge in [0.25, 0.3) is 11.6 Å². The summed E-state index contributed by atoms with van der Waals surface area (Å²) in [5, 5.41) is 19.0. The van der Waals surface area contributed by atoms with Gasteiger partial charge >= 0.3 is 0 Å². The Labute approximate surface area is 153 Å². The molecule has 0 saturated heterocycles. The largest absolute Gasteiger partial charge is 0.383 e. The van der Waals surface area contributed by atoms with Gasteiger partial charge in [-0.2, -0.15) is 0 Å². The van der Waals surface area contributed by atoms with Crippen molar-refractivity contribution in [3.8, 4) is 0 Å². The molecule has 0 aliphatic carbocycles. The maximum Gasteiger partial charge on any atom is 0.270 e. The molecule has 9 nitrogen and oxygen atoms in total. The van der Waals surface area contributed by atoms with Crippen LogP contribution in [0.25, 0.3) is 0 Å². The molecule has 10 heteroatoms. The van der Waals surface area contributed by atoms with Crippen molar-refractivity contribution in [1.29, 1.82) is 0 Å². The predicted octanol–water partition coefficient (Wildman–Crippen LogP) is 1.60. The molecular weight excluding hydrogens is 362 g/mol. The van der Waals surface area contributed by atoms with Crippen molar-refractivity contribution in [2.45, 2.75) is 0 Å². The fraction of sp³-hybridized carbons (Fsp3) is 0.188. The molecule has 0 aliphatic rings. The van der Waals surface area contributed by atoms with Gasteiger partial charge in [-0.05, 0) is 24.3 Å². The average molecular weight is 378 g/mol. The lowest BCUT2D eigenvalue weighted by atomic mass is 10.3. The first-order valence-electron chi connectivity index (χ1n) is 7.60. The van der Waals surface area contributed by atoms with E-state index in [0.29, 0.717) is 23.8 Å². The van der Waals surface area contributed by atoms with Gasteiger partial charge < -0.3 is 16.0 Å². The van der Waals surface area contributed by atoms with E-state index in [4.69, 9.17) is 11.6 Å². The topological polar surface area (TPSA) is 126 Å². The fourth-order valence-electron chi connectivity index (χ4n) is 1.95. The summed E-state index contributed by atoms with van der Waals surface area (Å²) in [6, 6.07) is 8.89. The molecule has 0 radical (unpaired) electrons. The van der Waals surface area contributed by atoms with Crippen LogP contribution < -0.4 is 16.0 Å². The molecule has 1 aromatic carbocycles. The maximum absolute atomic E-state index is 11.8. The van der Waals surface area contributed by atoms with Crippen molar-refractivity contribution in [1.82, 2.24) is 15.6 Å². The van der Waals surface area contributed by atoms with Gasteiger partial charge in [0.2, 0.25) is 5.91 Å². The quantitative estimate of drug-likeness (QED) is 0.364. The molecule has 1 aromatic heterocycles. The standard InChI is InChI=1S/C16H16ClN5O4/c17-11-5-6-19-14(9-11)16(24)21-10-15(23)20-8-7-18-12-1-3-13(4-2-12)22(25)26/h1-6,9,18H,7-8,10H2,(H,20,23)(H,21,24). The van der Waals surface area contributed by atoms with Crippen LogP contribution in [0.3, 0.4) is 0 Å². The van der Waals surface area contributed by atoms with Crippen LogP contribution in [-0.2, 0) is 4.79 Å². The average Bonchev–Trinajstić information content (AvgIpc) is 2.63. The summed E-state index contributed by atoms with van der Waals surface area (Å²) in [4.78, 5) is 37.5. The minimum absolute atomic E-state index is 0.00814. The molecule has 1 heterocycles. The smallest absolute Gasteiger partial charge is 0.270 e. The number of nitro groups is 1. The summed E-state index contributed by atoms with van der Waals surface area (Å²) in [7, 11) is 0. The molecule has 0 unspecified atom stereocenters. The molecule has 26 heavy (non-hydrogen) atoms. The zero-order chi connectivity index (χ0) is 18.9. The van der Waals surface area contributed by atoms with Gasteiger partial charge in [-0.15, -0.1) is 0 Å². The number of non-ortho nitro benzene ring substituents is 1. The van der Waals surface area contributed by atoms with E-state index in [1.165, 1.54) is 24.4 Å². The normalized spacial score (nSPS) is 10.0. The number of amides is 2. The third kappa shape index (κ3) is 6.02. The molecule has 136 valence electrons. The number of pyridine rings is 1. The van der Waals surface area contributed by atoms with Crippen molar-refractivity contribution in [2.75, 3.05) is 25.0 Å². The second-order valence-electron chi connectivity index (χ2n) is 5.12. The van der Waals surface area contributed by atoms with Crippen molar-refractivity contribution in [3.63, 3.8) is 0 Å². The number of nitro benzene ring substituents is 1. The zero-order valence-corrected chi connectivity index (χ0v) is 14.3. The van der Waals surface area contributed by atoms with E-state index < -0.39 is 10.8 Å². The van der Waals surface area contributed by atoms with Crippen molar-refractivity contribution >= 4 is 34.8 Å². The summed E-state index contributed by atoms with van der Waals surface area (Å²) in [5.41, 5.74) is 0.837. The number of carbonyl (C=O) groups is 2. The Morgan fingerprint density at radius 3 is 2.50 bits per heavy atom. The van der Waals surface area contributed by atoms with E-state index in [0.717, 1.165) is 0 Å². The molecule has 0 spiro atoms. The van der Waals surface area contributed by atoms with E-state index in [9.17, 15) is 19.7 Å². The summed E-state index contributed by atoms with van der Waals surface area (Å²) in [6.45, 7) is 0.555. The van der Waals surface area contributed by atoms with Gasteiger partial charge in [0, 0.05) is 42.1 Å². The minimum Gasteiger partial charge on any atom is -0.383 e. The Morgan fingerprint density at radius 2 is 1.85 bits per heavy atom. The van der Waals surface area contributed by atoms with Gasteiger partial charge in [-0.1, -0.05) is 11.6 Å². The maximum atomic E-state index is 11.8. The van der Waals surface area contributed by atoms with Crippen LogP contribution in [0.2, 0.25) is 5.02 Å². The molecule has 2 aromatic rings. The van der Waals surface area contributed by atoms with Crippen LogP contribution in [0.5, 0.6) is 0 Å². The third-order valence-corrected chi connectivity index (χ3v) is 3.45. The highest BCUT2D eigenvalue weighted by molar-refractivity contribution is 6.30. The minimum atomic E-state index is -0.494. The van der Waals surface area contributed by atoms with E-state index >= 15 is 0 Å². The van der Waals surface area contributed by atoms with Crippen LogP contribution in [0.4, 0.5) is 11.4 Å². The highest BCUT2D eigenvalue weighted by Gasteiger charge is 2.09. The number of hydrogen-bond acceptors (Lipinski definition) is 6. The van der Waals surface area contributed by atoms with Crippen molar-refractivity contribution in [2.24, 2.45) is 0 Å². The number of halogens is 1. The first-order chi connectivity index (χ1) is 12.5. The number of nitrogens with one attached hydrogen (secondary N) is 3. The lowest BCUT2D eigenvalue weighted by Gasteiger charge is -2.08. The van der Waals surface area contributed by atoms with Gasteiger partial charge in [0.1, 0.15) is 5.69 Å². The summed E-state index contributed by atoms with van der Waals surface area (Å²) in [5.74, 6) is -0.850. The lowest BCUT2D eigenvalue weighted by Crippen LogP contribution is -2.38. The van der Waals surface area contributed by atoms with Gasteiger partial charge in [0.15, 0.2) is 0 Å². The summed E-state index contributed by atoms with van der Waals surface area (Å²) >= 11 is 5.77. The molecule has 3 N–H and O–H groups in total. The van der Waals surface area contributed by atoms with Crippen LogP contribution >= 0.6 is 11.6 Å². The second-order valence-corrected chi connectivity index (χ2v) is 5.56. The summed E-state index contributed by atoms with van der Waals surface area (Å²) < 4.78 is 0. The Hall–Kier alpha value is -3.20. The van der Waals surface area contributed by atoms with E-state index in [1.807, 2.05) is 0 Å². The number of carbonyl (C=O) groups excluding carboxylic acids is 2. The number of nitrogens with zero attached hydrogens (tertiary/aromatic N) is 2. The highest BCUT2D eigenvalue weighted by atomic mass is 35.5. The number of benzene rings is 1. The van der Waals surface area contributed by atoms with Crippen LogP contribution in [-0.4, -0.2) is 41.4 Å². The van der Waals surface area contributed by atoms with Crippen molar-refractivity contribution < 1.29 is 14.5 Å². The zero-order valence-electron chi connectivity index (χ0n) is 13.6. The molecule has 0 bridgehead atoms. The highest BCUT2D eigenvalue weighted by Crippen LogP contribution is 2.14. The predicted molar refractivity (Wildman–Crippen MR) is 96.2 cm³/mol. The van der Waals surface area contributed by atoms with Crippen LogP contribution in [0.15, 0.2) is 42.6 Å². The first kappa shape index (κ1) is 19.1. The first-order valence-corrected chi connectivity index (χ1v) is 7.98. The number of rotatable bonds is 8. The molecule has 0 atom stereocenters. The Morgan fingerprint density at radius 1 is 1.12 bits per heavy atom. The lowest BCUT2D eigenvalue weighted by molar-refractivity contribution is -0.384. The molecular formula is C16H16ClN5O4. The van der Waals surface area contributed by atoms with Gasteiger partial charge in [0.05, 0.1) is 11.5 Å². The monoisotopic (exact) mass is 377 g/mol. The number of aromatic nitrogens is 1. The third-order valence-electron chi connectivity index (χ3n) is 3.22. The van der Waals surface area contributed by atoms with E-state index in [1.54, 1.807) is 18.2 Å².